The molecule has 96 valence electrons. The summed E-state index contributed by atoms with van der Waals surface area (Å²) in [5.74, 6) is 0.510. The van der Waals surface area contributed by atoms with E-state index in [1.54, 1.807) is 0 Å². The molecule has 0 unspecified atom stereocenters. The second-order valence-electron chi connectivity index (χ2n) is 4.33. The molecule has 1 aliphatic heterocycles. The molecule has 0 bridgehead atoms. The summed E-state index contributed by atoms with van der Waals surface area (Å²) in [5, 5.41) is 0. The van der Waals surface area contributed by atoms with Crippen molar-refractivity contribution < 1.29 is 8.42 Å². The van der Waals surface area contributed by atoms with Gasteiger partial charge in [-0.25, -0.2) is 13.1 Å². The number of rotatable bonds is 6. The standard InChI is InChI=1S/C10H23N3O2S/c1-2-13-6-3-10(4-7-13)9-12-16(14,15)8-5-11/h10,12H,2-9,11H2,1H3. The maximum absolute atomic E-state index is 11.4. The predicted molar refractivity (Wildman–Crippen MR) is 65.7 cm³/mol. The molecule has 6 heteroatoms. The van der Waals surface area contributed by atoms with Crippen LogP contribution in [-0.4, -0.2) is 51.8 Å². The van der Waals surface area contributed by atoms with Crippen molar-refractivity contribution in [2.75, 3.05) is 38.5 Å². The van der Waals surface area contributed by atoms with Gasteiger partial charge in [0.05, 0.1) is 5.75 Å². The maximum Gasteiger partial charge on any atom is 0.212 e. The van der Waals surface area contributed by atoms with E-state index in [0.29, 0.717) is 12.5 Å². The van der Waals surface area contributed by atoms with Crippen molar-refractivity contribution in [3.63, 3.8) is 0 Å². The van der Waals surface area contributed by atoms with Crippen molar-refractivity contribution in [1.82, 2.24) is 9.62 Å². The van der Waals surface area contributed by atoms with Gasteiger partial charge >= 0.3 is 0 Å². The number of nitrogens with one attached hydrogen (secondary N) is 1. The van der Waals surface area contributed by atoms with E-state index in [1.165, 1.54) is 0 Å². The van der Waals surface area contributed by atoms with Crippen LogP contribution >= 0.6 is 0 Å². The zero-order valence-electron chi connectivity index (χ0n) is 9.98. The van der Waals surface area contributed by atoms with Gasteiger partial charge in [-0.2, -0.15) is 0 Å². The molecule has 5 nitrogen and oxygen atoms in total. The monoisotopic (exact) mass is 249 g/mol. The largest absolute Gasteiger partial charge is 0.329 e. The van der Waals surface area contributed by atoms with Crippen LogP contribution in [0.15, 0.2) is 0 Å². The number of sulfonamides is 1. The smallest absolute Gasteiger partial charge is 0.212 e. The zero-order chi connectivity index (χ0) is 12.0. The van der Waals surface area contributed by atoms with Crippen LogP contribution in [0.3, 0.4) is 0 Å². The van der Waals surface area contributed by atoms with Gasteiger partial charge in [-0.15, -0.1) is 0 Å². The molecule has 1 heterocycles. The molecule has 16 heavy (non-hydrogen) atoms. The Kier molecular flexibility index (Phi) is 5.68. The van der Waals surface area contributed by atoms with Crippen LogP contribution in [0.1, 0.15) is 19.8 Å². The first kappa shape index (κ1) is 13.9. The van der Waals surface area contributed by atoms with Gasteiger partial charge in [0.2, 0.25) is 10.0 Å². The van der Waals surface area contributed by atoms with Gasteiger partial charge in [0.15, 0.2) is 0 Å². The number of hydrogen-bond acceptors (Lipinski definition) is 4. The highest BCUT2D eigenvalue weighted by Crippen LogP contribution is 2.15. The maximum atomic E-state index is 11.4. The molecule has 1 aliphatic rings. The van der Waals surface area contributed by atoms with Gasteiger partial charge in [0.1, 0.15) is 0 Å². The van der Waals surface area contributed by atoms with Crippen molar-refractivity contribution in [2.24, 2.45) is 11.7 Å². The lowest BCUT2D eigenvalue weighted by molar-refractivity contribution is 0.194. The Morgan fingerprint density at radius 2 is 2.00 bits per heavy atom. The highest BCUT2D eigenvalue weighted by atomic mass is 32.2. The summed E-state index contributed by atoms with van der Waals surface area (Å²) in [6.45, 7) is 6.17. The Labute approximate surface area is 98.4 Å². The second kappa shape index (κ2) is 6.54. The van der Waals surface area contributed by atoms with Crippen LogP contribution in [0.5, 0.6) is 0 Å². The highest BCUT2D eigenvalue weighted by Gasteiger charge is 2.19. The molecule has 1 rings (SSSR count). The van der Waals surface area contributed by atoms with Gasteiger partial charge in [-0.3, -0.25) is 0 Å². The average Bonchev–Trinajstić information content (AvgIpc) is 2.27. The van der Waals surface area contributed by atoms with Crippen LogP contribution in [0.25, 0.3) is 0 Å². The second-order valence-corrected chi connectivity index (χ2v) is 6.26. The van der Waals surface area contributed by atoms with E-state index in [-0.39, 0.29) is 12.3 Å². The lowest BCUT2D eigenvalue weighted by Gasteiger charge is -2.30. The molecule has 0 atom stereocenters. The minimum absolute atomic E-state index is 0.0286. The predicted octanol–water partition coefficient (Wildman–Crippen LogP) is -0.404. The van der Waals surface area contributed by atoms with Crippen molar-refractivity contribution >= 4 is 10.0 Å². The number of likely N-dealkylation sites (tertiary alicyclic amines) is 1. The topological polar surface area (TPSA) is 75.4 Å². The fraction of sp³-hybridized carbons (Fsp3) is 1.00. The molecule has 1 fully saturated rings. The molecule has 0 aromatic rings. The first-order valence-electron chi connectivity index (χ1n) is 5.97. The molecule has 0 aromatic carbocycles. The van der Waals surface area contributed by atoms with E-state index in [2.05, 4.69) is 16.5 Å². The Morgan fingerprint density at radius 1 is 1.38 bits per heavy atom. The summed E-state index contributed by atoms with van der Waals surface area (Å²) in [6.07, 6.45) is 2.16. The minimum Gasteiger partial charge on any atom is -0.329 e. The molecular formula is C10H23N3O2S. The van der Waals surface area contributed by atoms with Gasteiger partial charge < -0.3 is 10.6 Å². The highest BCUT2D eigenvalue weighted by molar-refractivity contribution is 7.89. The lowest BCUT2D eigenvalue weighted by atomic mass is 9.97. The summed E-state index contributed by atoms with van der Waals surface area (Å²) in [6, 6.07) is 0. The Morgan fingerprint density at radius 3 is 2.50 bits per heavy atom. The molecule has 0 aliphatic carbocycles. The number of hydrogen-bond donors (Lipinski definition) is 2. The normalized spacial score (nSPS) is 20.1. The van der Waals surface area contributed by atoms with E-state index >= 15 is 0 Å². The van der Waals surface area contributed by atoms with Crippen LogP contribution in [-0.2, 0) is 10.0 Å². The van der Waals surface area contributed by atoms with Crippen LogP contribution < -0.4 is 10.5 Å². The summed E-state index contributed by atoms with van der Waals surface area (Å²) in [7, 11) is -3.14. The van der Waals surface area contributed by atoms with Crippen molar-refractivity contribution in [3.8, 4) is 0 Å². The zero-order valence-corrected chi connectivity index (χ0v) is 10.8. The van der Waals surface area contributed by atoms with E-state index in [9.17, 15) is 8.42 Å². The Bertz CT molecular complexity index is 284. The van der Waals surface area contributed by atoms with Gasteiger partial charge in [-0.05, 0) is 38.4 Å². The van der Waals surface area contributed by atoms with E-state index in [1.807, 2.05) is 0 Å². The van der Waals surface area contributed by atoms with Gasteiger partial charge in [0.25, 0.3) is 0 Å². The fourth-order valence-electron chi connectivity index (χ4n) is 1.98. The molecular weight excluding hydrogens is 226 g/mol. The molecule has 0 saturated carbocycles. The van der Waals surface area contributed by atoms with E-state index < -0.39 is 10.0 Å². The number of nitrogens with zero attached hydrogens (tertiary/aromatic N) is 1. The minimum atomic E-state index is -3.14. The van der Waals surface area contributed by atoms with Gasteiger partial charge in [0, 0.05) is 13.1 Å². The summed E-state index contributed by atoms with van der Waals surface area (Å²) >= 11 is 0. The van der Waals surface area contributed by atoms with Gasteiger partial charge in [-0.1, -0.05) is 6.92 Å². The third-order valence-electron chi connectivity index (χ3n) is 3.13. The SMILES string of the molecule is CCN1CCC(CNS(=O)(=O)CCN)CC1. The molecule has 0 aromatic heterocycles. The van der Waals surface area contributed by atoms with Crippen molar-refractivity contribution in [3.05, 3.63) is 0 Å². The average molecular weight is 249 g/mol. The first-order valence-corrected chi connectivity index (χ1v) is 7.62. The number of piperidine rings is 1. The summed E-state index contributed by atoms with van der Waals surface area (Å²) in [5.41, 5.74) is 5.23. The molecule has 0 spiro atoms. The van der Waals surface area contributed by atoms with Crippen molar-refractivity contribution in [2.45, 2.75) is 19.8 Å². The van der Waals surface area contributed by atoms with Crippen LogP contribution in [0.4, 0.5) is 0 Å². The third-order valence-corrected chi connectivity index (χ3v) is 4.51. The summed E-state index contributed by atoms with van der Waals surface area (Å²) in [4.78, 5) is 2.39. The number of nitrogens with two attached hydrogens (primary N) is 1. The lowest BCUT2D eigenvalue weighted by Crippen LogP contribution is -2.39. The Balaban J connectivity index is 2.24. The quantitative estimate of drug-likeness (QED) is 0.671. The third kappa shape index (κ3) is 4.78. The van der Waals surface area contributed by atoms with Crippen molar-refractivity contribution in [1.29, 1.82) is 0 Å². The first-order chi connectivity index (χ1) is 7.57. The van der Waals surface area contributed by atoms with E-state index in [4.69, 9.17) is 5.73 Å². The van der Waals surface area contributed by atoms with Crippen LogP contribution in [0.2, 0.25) is 0 Å². The molecule has 0 radical (unpaired) electrons. The van der Waals surface area contributed by atoms with Crippen LogP contribution in [0, 0.1) is 5.92 Å². The Hall–Kier alpha value is -0.170. The molecule has 3 N–H and O–H groups in total. The summed E-state index contributed by atoms with van der Waals surface area (Å²) < 4.78 is 25.4. The van der Waals surface area contributed by atoms with E-state index in [0.717, 1.165) is 32.5 Å². The molecule has 1 saturated heterocycles. The fourth-order valence-corrected chi connectivity index (χ4v) is 2.92. The molecule has 0 amide bonds.